The molecular weight excluding hydrogens is 468 g/mol. The average Bonchev–Trinajstić information content (AvgIpc) is 3.62. The SMILES string of the molecule is COc1ccc(Cl)cc1NC(=O)CN(C)C(=O)c1cc(C2CC2)nc2onc(-c3ccccc3)c12. The van der Waals surface area contributed by atoms with Gasteiger partial charge in [0, 0.05) is 29.2 Å². The Morgan fingerprint density at radius 3 is 2.66 bits per heavy atom. The molecule has 0 atom stereocenters. The molecule has 1 aliphatic rings. The van der Waals surface area contributed by atoms with Crippen molar-refractivity contribution in [3.8, 4) is 17.0 Å². The molecule has 0 radical (unpaired) electrons. The maximum absolute atomic E-state index is 13.6. The van der Waals surface area contributed by atoms with Crippen LogP contribution in [0.2, 0.25) is 5.02 Å². The van der Waals surface area contributed by atoms with Crippen LogP contribution in [0.3, 0.4) is 0 Å². The Kier molecular flexibility index (Phi) is 6.13. The number of benzene rings is 2. The summed E-state index contributed by atoms with van der Waals surface area (Å²) >= 11 is 6.06. The fourth-order valence-electron chi connectivity index (χ4n) is 3.98. The van der Waals surface area contributed by atoms with E-state index in [0.717, 1.165) is 24.1 Å². The summed E-state index contributed by atoms with van der Waals surface area (Å²) in [7, 11) is 3.08. The molecule has 178 valence electrons. The zero-order valence-corrected chi connectivity index (χ0v) is 20.0. The molecule has 5 rings (SSSR count). The summed E-state index contributed by atoms with van der Waals surface area (Å²) in [6, 6.07) is 16.2. The van der Waals surface area contributed by atoms with E-state index in [2.05, 4.69) is 15.5 Å². The third-order valence-corrected chi connectivity index (χ3v) is 6.14. The lowest BCUT2D eigenvalue weighted by molar-refractivity contribution is -0.116. The highest BCUT2D eigenvalue weighted by molar-refractivity contribution is 6.31. The maximum atomic E-state index is 13.6. The fraction of sp³-hybridized carbons (Fsp3) is 0.231. The Balaban J connectivity index is 1.45. The fourth-order valence-corrected chi connectivity index (χ4v) is 4.15. The number of hydrogen-bond acceptors (Lipinski definition) is 6. The zero-order chi connectivity index (χ0) is 24.5. The van der Waals surface area contributed by atoms with Gasteiger partial charge in [-0.05, 0) is 37.1 Å². The average molecular weight is 491 g/mol. The van der Waals surface area contributed by atoms with Gasteiger partial charge in [0.15, 0.2) is 0 Å². The van der Waals surface area contributed by atoms with E-state index in [1.54, 1.807) is 31.3 Å². The van der Waals surface area contributed by atoms with Gasteiger partial charge in [-0.25, -0.2) is 4.98 Å². The number of anilines is 1. The monoisotopic (exact) mass is 490 g/mol. The van der Waals surface area contributed by atoms with E-state index < -0.39 is 0 Å². The van der Waals surface area contributed by atoms with Crippen LogP contribution in [-0.2, 0) is 4.79 Å². The number of likely N-dealkylation sites (N-methyl/N-ethyl adjacent to an activating group) is 1. The second kappa shape index (κ2) is 9.38. The van der Waals surface area contributed by atoms with Gasteiger partial charge < -0.3 is 19.5 Å². The molecule has 9 heteroatoms. The number of carbonyl (C=O) groups is 2. The molecule has 2 heterocycles. The molecule has 1 fully saturated rings. The molecule has 2 amide bonds. The van der Waals surface area contributed by atoms with Gasteiger partial charge in [0.2, 0.25) is 5.91 Å². The summed E-state index contributed by atoms with van der Waals surface area (Å²) in [5.74, 6) is 0.0642. The first kappa shape index (κ1) is 22.9. The number of halogens is 1. The van der Waals surface area contributed by atoms with Gasteiger partial charge in [-0.15, -0.1) is 0 Å². The summed E-state index contributed by atoms with van der Waals surface area (Å²) in [4.78, 5) is 32.4. The Hall–Kier alpha value is -3.91. The molecule has 2 aromatic heterocycles. The first-order valence-corrected chi connectivity index (χ1v) is 11.6. The number of amides is 2. The van der Waals surface area contributed by atoms with Crippen LogP contribution in [0.1, 0.15) is 34.8 Å². The summed E-state index contributed by atoms with van der Waals surface area (Å²) in [5.41, 5.74) is 3.32. The molecule has 1 N–H and O–H groups in total. The number of nitrogens with zero attached hydrogens (tertiary/aromatic N) is 3. The van der Waals surface area contributed by atoms with Gasteiger partial charge in [0.25, 0.3) is 11.6 Å². The molecule has 0 aliphatic heterocycles. The smallest absolute Gasteiger partial charge is 0.259 e. The number of pyridine rings is 1. The minimum Gasteiger partial charge on any atom is -0.495 e. The van der Waals surface area contributed by atoms with Gasteiger partial charge in [0.05, 0.1) is 30.3 Å². The van der Waals surface area contributed by atoms with E-state index in [1.807, 2.05) is 30.3 Å². The van der Waals surface area contributed by atoms with Crippen LogP contribution in [0.15, 0.2) is 59.1 Å². The van der Waals surface area contributed by atoms with Crippen molar-refractivity contribution in [2.24, 2.45) is 0 Å². The van der Waals surface area contributed by atoms with E-state index in [0.29, 0.717) is 44.7 Å². The summed E-state index contributed by atoms with van der Waals surface area (Å²) in [6.07, 6.45) is 2.04. The number of nitrogens with one attached hydrogen (secondary N) is 1. The highest BCUT2D eigenvalue weighted by atomic mass is 35.5. The minimum absolute atomic E-state index is 0.178. The van der Waals surface area contributed by atoms with Gasteiger partial charge in [-0.1, -0.05) is 47.1 Å². The topological polar surface area (TPSA) is 97.6 Å². The summed E-state index contributed by atoms with van der Waals surface area (Å²) in [5, 5.41) is 7.98. The van der Waals surface area contributed by atoms with Crippen LogP contribution in [0, 0.1) is 0 Å². The number of methoxy groups -OCH3 is 1. The summed E-state index contributed by atoms with van der Waals surface area (Å²) < 4.78 is 10.8. The van der Waals surface area contributed by atoms with Crippen molar-refractivity contribution in [3.63, 3.8) is 0 Å². The van der Waals surface area contributed by atoms with Crippen molar-refractivity contribution in [2.45, 2.75) is 18.8 Å². The zero-order valence-electron chi connectivity index (χ0n) is 19.2. The van der Waals surface area contributed by atoms with Crippen molar-refractivity contribution >= 4 is 40.2 Å². The molecule has 0 saturated heterocycles. The van der Waals surface area contributed by atoms with E-state index >= 15 is 0 Å². The second-order valence-electron chi connectivity index (χ2n) is 8.50. The number of ether oxygens (including phenoxy) is 1. The first-order valence-electron chi connectivity index (χ1n) is 11.2. The van der Waals surface area contributed by atoms with Gasteiger partial charge >= 0.3 is 0 Å². The van der Waals surface area contributed by atoms with Gasteiger partial charge in [-0.2, -0.15) is 0 Å². The number of fused-ring (bicyclic) bond motifs is 1. The molecule has 2 aromatic carbocycles. The predicted molar refractivity (Wildman–Crippen MR) is 133 cm³/mol. The largest absolute Gasteiger partial charge is 0.495 e. The van der Waals surface area contributed by atoms with Crippen molar-refractivity contribution in [2.75, 3.05) is 26.0 Å². The quantitative estimate of drug-likeness (QED) is 0.385. The Labute approximate surface area is 206 Å². The van der Waals surface area contributed by atoms with Crippen LogP contribution < -0.4 is 10.1 Å². The van der Waals surface area contributed by atoms with Gasteiger partial charge in [-0.3, -0.25) is 9.59 Å². The van der Waals surface area contributed by atoms with Crippen LogP contribution in [0.4, 0.5) is 5.69 Å². The molecule has 35 heavy (non-hydrogen) atoms. The van der Waals surface area contributed by atoms with Crippen LogP contribution in [0.25, 0.3) is 22.4 Å². The third kappa shape index (κ3) is 4.70. The van der Waals surface area contributed by atoms with Crippen LogP contribution >= 0.6 is 11.6 Å². The molecule has 1 aliphatic carbocycles. The molecular formula is C26H23ClN4O4. The lowest BCUT2D eigenvalue weighted by Crippen LogP contribution is -2.35. The Bertz CT molecular complexity index is 1420. The van der Waals surface area contributed by atoms with E-state index in [4.69, 9.17) is 20.9 Å². The number of carbonyl (C=O) groups excluding carboxylic acids is 2. The van der Waals surface area contributed by atoms with Crippen molar-refractivity contribution < 1.29 is 18.8 Å². The molecule has 4 aromatic rings. The van der Waals surface area contributed by atoms with E-state index in [-0.39, 0.29) is 18.4 Å². The third-order valence-electron chi connectivity index (χ3n) is 5.90. The van der Waals surface area contributed by atoms with E-state index in [9.17, 15) is 9.59 Å². The Morgan fingerprint density at radius 2 is 1.94 bits per heavy atom. The maximum Gasteiger partial charge on any atom is 0.259 e. The van der Waals surface area contributed by atoms with Crippen LogP contribution in [-0.4, -0.2) is 47.6 Å². The second-order valence-corrected chi connectivity index (χ2v) is 8.94. The number of hydrogen-bond donors (Lipinski definition) is 1. The molecule has 0 unspecified atom stereocenters. The Morgan fingerprint density at radius 1 is 1.17 bits per heavy atom. The molecule has 0 spiro atoms. The molecule has 0 bridgehead atoms. The van der Waals surface area contributed by atoms with Crippen LogP contribution in [0.5, 0.6) is 5.75 Å². The van der Waals surface area contributed by atoms with Crippen molar-refractivity contribution in [3.05, 3.63) is 70.9 Å². The molecule has 1 saturated carbocycles. The van der Waals surface area contributed by atoms with E-state index in [1.165, 1.54) is 12.0 Å². The standard InChI is InChI=1S/C26H23ClN4O4/c1-31(14-22(32)28-20-12-17(27)10-11-21(20)34-2)26(33)18-13-19(15-8-9-15)29-25-23(18)24(30-35-25)16-6-4-3-5-7-16/h3-7,10-13,15H,8-9,14H2,1-2H3,(H,28,32). The predicted octanol–water partition coefficient (Wildman–Crippen LogP) is 5.14. The van der Waals surface area contributed by atoms with Crippen molar-refractivity contribution in [1.29, 1.82) is 0 Å². The lowest BCUT2D eigenvalue weighted by Gasteiger charge is -2.18. The number of rotatable bonds is 7. The first-order chi connectivity index (χ1) is 16.9. The van der Waals surface area contributed by atoms with Crippen molar-refractivity contribution in [1.82, 2.24) is 15.0 Å². The summed E-state index contributed by atoms with van der Waals surface area (Å²) in [6.45, 7) is -0.178. The lowest BCUT2D eigenvalue weighted by atomic mass is 10.0. The van der Waals surface area contributed by atoms with Gasteiger partial charge in [0.1, 0.15) is 11.4 Å². The molecule has 8 nitrogen and oxygen atoms in total. The number of aromatic nitrogens is 2. The minimum atomic E-state index is -0.386. The highest BCUT2D eigenvalue weighted by Gasteiger charge is 2.30. The normalized spacial score (nSPS) is 13.0. The highest BCUT2D eigenvalue weighted by Crippen LogP contribution is 2.41.